The standard InChI is InChI=1S/C21H21NO3/c1-2-24-21(23)19-14-20(17-11-7-4-8-12-17)25-15-18(22-19)13-16-9-5-3-6-10-16/h3-12,14,18H,2,13,15H2,1H3/t18-/m0/s1. The molecule has 0 saturated carbocycles. The third-order valence-corrected chi connectivity index (χ3v) is 3.88. The van der Waals surface area contributed by atoms with Crippen molar-refractivity contribution in [2.45, 2.75) is 19.4 Å². The molecule has 0 fully saturated rings. The van der Waals surface area contributed by atoms with Gasteiger partial charge in [0.25, 0.3) is 0 Å². The lowest BCUT2D eigenvalue weighted by molar-refractivity contribution is -0.134. The maximum atomic E-state index is 12.3. The van der Waals surface area contributed by atoms with Crippen LogP contribution in [0.3, 0.4) is 0 Å². The van der Waals surface area contributed by atoms with E-state index < -0.39 is 5.97 Å². The van der Waals surface area contributed by atoms with Gasteiger partial charge in [-0.1, -0.05) is 60.7 Å². The maximum Gasteiger partial charge on any atom is 0.356 e. The molecule has 4 nitrogen and oxygen atoms in total. The summed E-state index contributed by atoms with van der Waals surface area (Å²) in [5.74, 6) is 0.224. The number of esters is 1. The van der Waals surface area contributed by atoms with Crippen LogP contribution in [0, 0.1) is 0 Å². The Labute approximate surface area is 147 Å². The zero-order chi connectivity index (χ0) is 17.5. The van der Waals surface area contributed by atoms with Crippen molar-refractivity contribution in [3.8, 4) is 0 Å². The summed E-state index contributed by atoms with van der Waals surface area (Å²) in [4.78, 5) is 16.9. The minimum absolute atomic E-state index is 0.140. The van der Waals surface area contributed by atoms with Gasteiger partial charge in [0.15, 0.2) is 0 Å². The lowest BCUT2D eigenvalue weighted by atomic mass is 10.1. The first-order valence-corrected chi connectivity index (χ1v) is 8.45. The van der Waals surface area contributed by atoms with Crippen LogP contribution in [0.5, 0.6) is 0 Å². The Morgan fingerprint density at radius 1 is 1.12 bits per heavy atom. The molecule has 0 unspecified atom stereocenters. The van der Waals surface area contributed by atoms with Gasteiger partial charge in [-0.15, -0.1) is 0 Å². The van der Waals surface area contributed by atoms with Crippen LogP contribution in [0.15, 0.2) is 71.7 Å². The number of aliphatic imine (C=N–C) groups is 1. The fraction of sp³-hybridized carbons (Fsp3) is 0.238. The summed E-state index contributed by atoms with van der Waals surface area (Å²) in [6, 6.07) is 19.7. The Balaban J connectivity index is 1.86. The van der Waals surface area contributed by atoms with Crippen molar-refractivity contribution >= 4 is 17.4 Å². The van der Waals surface area contributed by atoms with Crippen molar-refractivity contribution in [3.63, 3.8) is 0 Å². The lowest BCUT2D eigenvalue weighted by Gasteiger charge is -2.13. The number of carbonyl (C=O) groups excluding carboxylic acids is 1. The van der Waals surface area contributed by atoms with Gasteiger partial charge < -0.3 is 9.47 Å². The summed E-state index contributed by atoms with van der Waals surface area (Å²) in [7, 11) is 0. The number of nitrogens with zero attached hydrogens (tertiary/aromatic N) is 1. The van der Waals surface area contributed by atoms with Crippen molar-refractivity contribution in [3.05, 3.63) is 77.9 Å². The molecule has 4 heteroatoms. The highest BCUT2D eigenvalue weighted by Gasteiger charge is 2.21. The Bertz CT molecular complexity index is 766. The number of hydrogen-bond acceptors (Lipinski definition) is 4. The molecule has 0 spiro atoms. The molecule has 0 aromatic heterocycles. The van der Waals surface area contributed by atoms with Crippen LogP contribution < -0.4 is 0 Å². The molecule has 2 aromatic rings. The number of ether oxygens (including phenoxy) is 2. The van der Waals surface area contributed by atoms with Crippen molar-refractivity contribution in [1.82, 2.24) is 0 Å². The molecule has 0 radical (unpaired) electrons. The average Bonchev–Trinajstić information content (AvgIpc) is 2.86. The van der Waals surface area contributed by atoms with E-state index in [4.69, 9.17) is 9.47 Å². The summed E-state index contributed by atoms with van der Waals surface area (Å²) in [5.41, 5.74) is 2.38. The van der Waals surface area contributed by atoms with Gasteiger partial charge in [-0.25, -0.2) is 4.79 Å². The lowest BCUT2D eigenvalue weighted by Crippen LogP contribution is -2.20. The SMILES string of the molecule is CCOC(=O)C1=N[C@@H](Cc2ccccc2)COC(c2ccccc2)=C1. The van der Waals surface area contributed by atoms with Gasteiger partial charge in [-0.2, -0.15) is 0 Å². The van der Waals surface area contributed by atoms with Gasteiger partial charge in [0.1, 0.15) is 18.1 Å². The fourth-order valence-electron chi connectivity index (χ4n) is 2.70. The Morgan fingerprint density at radius 2 is 1.80 bits per heavy atom. The molecule has 2 aromatic carbocycles. The molecule has 1 heterocycles. The summed E-state index contributed by atoms with van der Waals surface area (Å²) in [6.07, 6.45) is 2.39. The van der Waals surface area contributed by atoms with Gasteiger partial charge in [0.2, 0.25) is 0 Å². The first-order chi connectivity index (χ1) is 12.3. The molecule has 1 aliphatic rings. The van der Waals surface area contributed by atoms with Gasteiger partial charge in [-0.3, -0.25) is 4.99 Å². The van der Waals surface area contributed by atoms with Gasteiger partial charge in [-0.05, 0) is 18.9 Å². The Kier molecular flexibility index (Phi) is 5.62. The van der Waals surface area contributed by atoms with Gasteiger partial charge in [0.05, 0.1) is 12.6 Å². The summed E-state index contributed by atoms with van der Waals surface area (Å²) < 4.78 is 11.1. The topological polar surface area (TPSA) is 47.9 Å². The van der Waals surface area contributed by atoms with Crippen molar-refractivity contribution in [1.29, 1.82) is 0 Å². The van der Waals surface area contributed by atoms with Crippen LogP contribution in [-0.4, -0.2) is 30.9 Å². The third-order valence-electron chi connectivity index (χ3n) is 3.88. The van der Waals surface area contributed by atoms with E-state index >= 15 is 0 Å². The summed E-state index contributed by atoms with van der Waals surface area (Å²) >= 11 is 0. The first-order valence-electron chi connectivity index (χ1n) is 8.45. The number of hydrogen-bond donors (Lipinski definition) is 0. The number of benzene rings is 2. The minimum atomic E-state index is -0.417. The molecule has 0 bridgehead atoms. The predicted octanol–water partition coefficient (Wildman–Crippen LogP) is 3.67. The molecule has 3 rings (SSSR count). The minimum Gasteiger partial charge on any atom is -0.491 e. The summed E-state index contributed by atoms with van der Waals surface area (Å²) in [5, 5.41) is 0. The highest BCUT2D eigenvalue weighted by atomic mass is 16.5. The van der Waals surface area contributed by atoms with Crippen LogP contribution >= 0.6 is 0 Å². The quantitative estimate of drug-likeness (QED) is 0.783. The number of carbonyl (C=O) groups is 1. The van der Waals surface area contributed by atoms with Gasteiger partial charge >= 0.3 is 5.97 Å². The van der Waals surface area contributed by atoms with E-state index in [0.717, 1.165) is 11.1 Å². The summed E-state index contributed by atoms with van der Waals surface area (Å²) in [6.45, 7) is 2.52. The molecular weight excluding hydrogens is 314 g/mol. The van der Waals surface area contributed by atoms with Gasteiger partial charge in [0, 0.05) is 11.6 Å². The predicted molar refractivity (Wildman–Crippen MR) is 98.4 cm³/mol. The van der Waals surface area contributed by atoms with Crippen LogP contribution in [0.25, 0.3) is 5.76 Å². The first kappa shape index (κ1) is 17.0. The largest absolute Gasteiger partial charge is 0.491 e. The monoisotopic (exact) mass is 335 g/mol. The molecular formula is C21H21NO3. The second-order valence-corrected chi connectivity index (χ2v) is 5.76. The van der Waals surface area contributed by atoms with E-state index in [0.29, 0.717) is 31.1 Å². The molecule has 1 aliphatic heterocycles. The van der Waals surface area contributed by atoms with E-state index in [1.165, 1.54) is 0 Å². The van der Waals surface area contributed by atoms with E-state index in [9.17, 15) is 4.79 Å². The molecule has 0 aliphatic carbocycles. The van der Waals surface area contributed by atoms with E-state index in [1.807, 2.05) is 48.5 Å². The van der Waals surface area contributed by atoms with Crippen LogP contribution in [0.1, 0.15) is 18.1 Å². The van der Waals surface area contributed by atoms with Crippen LogP contribution in [-0.2, 0) is 20.7 Å². The fourth-order valence-corrected chi connectivity index (χ4v) is 2.70. The molecule has 0 N–H and O–H groups in total. The average molecular weight is 335 g/mol. The third kappa shape index (κ3) is 4.57. The van der Waals surface area contributed by atoms with Crippen molar-refractivity contribution in [2.75, 3.05) is 13.2 Å². The number of rotatable bonds is 5. The maximum absolute atomic E-state index is 12.3. The van der Waals surface area contributed by atoms with E-state index in [1.54, 1.807) is 13.0 Å². The van der Waals surface area contributed by atoms with E-state index in [-0.39, 0.29) is 6.04 Å². The smallest absolute Gasteiger partial charge is 0.356 e. The highest BCUT2D eigenvalue weighted by molar-refractivity contribution is 6.42. The Hall–Kier alpha value is -2.88. The Morgan fingerprint density at radius 3 is 2.48 bits per heavy atom. The second kappa shape index (κ2) is 8.29. The second-order valence-electron chi connectivity index (χ2n) is 5.76. The molecule has 0 amide bonds. The zero-order valence-corrected chi connectivity index (χ0v) is 14.2. The molecule has 1 atom stereocenters. The zero-order valence-electron chi connectivity index (χ0n) is 14.2. The van der Waals surface area contributed by atoms with Crippen molar-refractivity contribution < 1.29 is 14.3 Å². The highest BCUT2D eigenvalue weighted by Crippen LogP contribution is 2.21. The molecule has 25 heavy (non-hydrogen) atoms. The van der Waals surface area contributed by atoms with Crippen LogP contribution in [0.2, 0.25) is 0 Å². The van der Waals surface area contributed by atoms with E-state index in [2.05, 4.69) is 17.1 Å². The molecule has 128 valence electrons. The van der Waals surface area contributed by atoms with Crippen LogP contribution in [0.4, 0.5) is 0 Å². The normalized spacial score (nSPS) is 16.9. The van der Waals surface area contributed by atoms with Crippen molar-refractivity contribution in [2.24, 2.45) is 4.99 Å². The molecule has 0 saturated heterocycles.